The lowest BCUT2D eigenvalue weighted by Crippen LogP contribution is -2.38. The zero-order valence-corrected chi connectivity index (χ0v) is 11.2. The third-order valence-electron chi connectivity index (χ3n) is 2.68. The molecule has 2 nitrogen and oxygen atoms in total. The monoisotopic (exact) mass is 293 g/mol. The molecule has 1 amide bonds. The summed E-state index contributed by atoms with van der Waals surface area (Å²) in [6.45, 7) is 1.51. The second-order valence-electron chi connectivity index (χ2n) is 4.23. The molecule has 106 valence electrons. The van der Waals surface area contributed by atoms with Crippen molar-refractivity contribution in [3.05, 3.63) is 35.4 Å². The number of aryl methyl sites for hydroxylation is 1. The van der Waals surface area contributed by atoms with Crippen LogP contribution in [0.1, 0.15) is 30.5 Å². The van der Waals surface area contributed by atoms with Crippen LogP contribution in [0.15, 0.2) is 24.3 Å². The summed E-state index contributed by atoms with van der Waals surface area (Å²) in [5, 5.41) is 1.91. The highest BCUT2D eigenvalue weighted by molar-refractivity contribution is 6.17. The number of nitrogens with one attached hydrogen (secondary N) is 1. The Morgan fingerprint density at radius 1 is 1.32 bits per heavy atom. The molecule has 1 aromatic carbocycles. The van der Waals surface area contributed by atoms with Crippen molar-refractivity contribution < 1.29 is 18.0 Å². The van der Waals surface area contributed by atoms with Crippen molar-refractivity contribution in [2.45, 2.75) is 32.0 Å². The molecule has 6 heteroatoms. The highest BCUT2D eigenvalue weighted by Gasteiger charge is 2.39. The fourth-order valence-electron chi connectivity index (χ4n) is 1.61. The van der Waals surface area contributed by atoms with Crippen molar-refractivity contribution in [1.29, 1.82) is 0 Å². The zero-order chi connectivity index (χ0) is 14.5. The van der Waals surface area contributed by atoms with Gasteiger partial charge in [-0.1, -0.05) is 24.3 Å². The maximum Gasteiger partial charge on any atom is 0.471 e. The van der Waals surface area contributed by atoms with Crippen LogP contribution in [-0.4, -0.2) is 18.0 Å². The van der Waals surface area contributed by atoms with E-state index >= 15 is 0 Å². The fourth-order valence-corrected chi connectivity index (χ4v) is 1.74. The van der Waals surface area contributed by atoms with Crippen molar-refractivity contribution in [2.75, 3.05) is 5.88 Å². The van der Waals surface area contributed by atoms with Gasteiger partial charge < -0.3 is 5.32 Å². The van der Waals surface area contributed by atoms with Crippen molar-refractivity contribution >= 4 is 17.5 Å². The lowest BCUT2D eigenvalue weighted by molar-refractivity contribution is -0.174. The Balaban J connectivity index is 2.62. The highest BCUT2D eigenvalue weighted by atomic mass is 35.5. The van der Waals surface area contributed by atoms with Gasteiger partial charge >= 0.3 is 12.1 Å². The molecule has 19 heavy (non-hydrogen) atoms. The molecule has 1 rings (SSSR count). The number of benzene rings is 1. The van der Waals surface area contributed by atoms with Crippen molar-refractivity contribution in [2.24, 2.45) is 0 Å². The van der Waals surface area contributed by atoms with E-state index in [4.69, 9.17) is 11.6 Å². The average Bonchev–Trinajstić information content (AvgIpc) is 2.35. The maximum absolute atomic E-state index is 12.1. The molecule has 0 unspecified atom stereocenters. The van der Waals surface area contributed by atoms with E-state index < -0.39 is 18.1 Å². The fraction of sp³-hybridized carbons (Fsp3) is 0.462. The van der Waals surface area contributed by atoms with Crippen LogP contribution in [0, 0.1) is 0 Å². The first kappa shape index (κ1) is 15.8. The molecule has 1 aromatic rings. The number of carbonyl (C=O) groups is 1. The van der Waals surface area contributed by atoms with Crippen LogP contribution in [0.3, 0.4) is 0 Å². The SMILES string of the molecule is C[C@H](NC(=O)C(F)(F)F)c1ccc(CCCCl)cc1. The van der Waals surface area contributed by atoms with Crippen LogP contribution in [0.4, 0.5) is 13.2 Å². The summed E-state index contributed by atoms with van der Waals surface area (Å²) in [6, 6.07) is 6.41. The van der Waals surface area contributed by atoms with Gasteiger partial charge in [0.15, 0.2) is 0 Å². The van der Waals surface area contributed by atoms with E-state index in [1.807, 2.05) is 17.4 Å². The van der Waals surface area contributed by atoms with Crippen LogP contribution in [0.2, 0.25) is 0 Å². The molecule has 0 saturated heterocycles. The molecule has 0 aliphatic rings. The first-order valence-corrected chi connectivity index (χ1v) is 6.40. The predicted molar refractivity (Wildman–Crippen MR) is 68.1 cm³/mol. The van der Waals surface area contributed by atoms with Gasteiger partial charge in [0.25, 0.3) is 0 Å². The molecular weight excluding hydrogens is 279 g/mol. The largest absolute Gasteiger partial charge is 0.471 e. The lowest BCUT2D eigenvalue weighted by Gasteiger charge is -2.16. The number of halogens is 4. The first-order chi connectivity index (χ1) is 8.84. The molecule has 0 saturated carbocycles. The normalized spacial score (nSPS) is 13.1. The minimum Gasteiger partial charge on any atom is -0.342 e. The average molecular weight is 294 g/mol. The summed E-state index contributed by atoms with van der Waals surface area (Å²) in [4.78, 5) is 10.8. The third kappa shape index (κ3) is 5.11. The van der Waals surface area contributed by atoms with Crippen LogP contribution in [0.25, 0.3) is 0 Å². The molecule has 0 aromatic heterocycles. The molecular formula is C13H15ClF3NO. The standard InChI is InChI=1S/C13H15ClF3NO/c1-9(18-12(19)13(15,16)17)11-6-4-10(5-7-11)3-2-8-14/h4-7,9H,2-3,8H2,1H3,(H,18,19)/t9-/m0/s1. The quantitative estimate of drug-likeness (QED) is 0.826. The van der Waals surface area contributed by atoms with Crippen molar-refractivity contribution in [3.8, 4) is 0 Å². The summed E-state index contributed by atoms with van der Waals surface area (Å²) in [5.41, 5.74) is 1.70. The van der Waals surface area contributed by atoms with Gasteiger partial charge in [-0.3, -0.25) is 4.79 Å². The van der Waals surface area contributed by atoms with Crippen LogP contribution in [-0.2, 0) is 11.2 Å². The molecule has 0 bridgehead atoms. The minimum absolute atomic E-state index is 0.569. The molecule has 0 radical (unpaired) electrons. The number of rotatable bonds is 5. The number of hydrogen-bond acceptors (Lipinski definition) is 1. The van der Waals surface area contributed by atoms with E-state index in [1.165, 1.54) is 6.92 Å². The van der Waals surface area contributed by atoms with Crippen molar-refractivity contribution in [1.82, 2.24) is 5.32 Å². The predicted octanol–water partition coefficient (Wildman–Crippen LogP) is 3.60. The van der Waals surface area contributed by atoms with Gasteiger partial charge in [-0.15, -0.1) is 11.6 Å². The smallest absolute Gasteiger partial charge is 0.342 e. The van der Waals surface area contributed by atoms with Gasteiger partial charge in [0.2, 0.25) is 0 Å². The Kier molecular flexibility index (Phi) is 5.66. The summed E-state index contributed by atoms with van der Waals surface area (Å²) < 4.78 is 36.3. The lowest BCUT2D eigenvalue weighted by atomic mass is 10.0. The molecule has 0 heterocycles. The highest BCUT2D eigenvalue weighted by Crippen LogP contribution is 2.19. The molecule has 1 N–H and O–H groups in total. The molecule has 0 spiro atoms. The molecule has 0 fully saturated rings. The Labute approximate surface area is 114 Å². The van der Waals surface area contributed by atoms with Crippen molar-refractivity contribution in [3.63, 3.8) is 0 Å². The third-order valence-corrected chi connectivity index (χ3v) is 2.95. The number of hydrogen-bond donors (Lipinski definition) is 1. The summed E-state index contributed by atoms with van der Waals surface area (Å²) in [7, 11) is 0. The maximum atomic E-state index is 12.1. The van der Waals surface area contributed by atoms with E-state index in [9.17, 15) is 18.0 Å². The van der Waals surface area contributed by atoms with Gasteiger partial charge in [0, 0.05) is 5.88 Å². The van der Waals surface area contributed by atoms with E-state index in [-0.39, 0.29) is 0 Å². The van der Waals surface area contributed by atoms with Gasteiger partial charge in [0.1, 0.15) is 0 Å². The Bertz CT molecular complexity index is 417. The first-order valence-electron chi connectivity index (χ1n) is 5.87. The molecule has 1 atom stereocenters. The van der Waals surface area contributed by atoms with Crippen LogP contribution >= 0.6 is 11.6 Å². The second kappa shape index (κ2) is 6.80. The summed E-state index contributed by atoms with van der Waals surface area (Å²) >= 11 is 5.58. The van der Waals surface area contributed by atoms with E-state index in [0.29, 0.717) is 11.4 Å². The van der Waals surface area contributed by atoms with E-state index in [1.54, 1.807) is 12.1 Å². The van der Waals surface area contributed by atoms with Crippen LogP contribution < -0.4 is 5.32 Å². The topological polar surface area (TPSA) is 29.1 Å². The Morgan fingerprint density at radius 2 is 1.89 bits per heavy atom. The number of alkyl halides is 4. The Hall–Kier alpha value is -1.23. The molecule has 0 aliphatic carbocycles. The van der Waals surface area contributed by atoms with Gasteiger partial charge in [-0.05, 0) is 30.9 Å². The summed E-state index contributed by atoms with van der Waals surface area (Å²) in [5.74, 6) is -1.36. The van der Waals surface area contributed by atoms with Gasteiger partial charge in [0.05, 0.1) is 6.04 Å². The van der Waals surface area contributed by atoms with E-state index in [2.05, 4.69) is 0 Å². The number of amides is 1. The van der Waals surface area contributed by atoms with Crippen LogP contribution in [0.5, 0.6) is 0 Å². The minimum atomic E-state index is -4.85. The van der Waals surface area contributed by atoms with Gasteiger partial charge in [-0.2, -0.15) is 13.2 Å². The molecule has 0 aliphatic heterocycles. The second-order valence-corrected chi connectivity index (χ2v) is 4.60. The summed E-state index contributed by atoms with van der Waals surface area (Å²) in [6.07, 6.45) is -3.18. The van der Waals surface area contributed by atoms with Gasteiger partial charge in [-0.25, -0.2) is 0 Å². The number of carbonyl (C=O) groups excluding carboxylic acids is 1. The van der Waals surface area contributed by atoms with E-state index in [0.717, 1.165) is 18.4 Å². The zero-order valence-electron chi connectivity index (χ0n) is 10.4. The Morgan fingerprint density at radius 3 is 2.37 bits per heavy atom.